The van der Waals surface area contributed by atoms with E-state index in [0.717, 1.165) is 17.5 Å². The van der Waals surface area contributed by atoms with Crippen molar-refractivity contribution in [3.8, 4) is 0 Å². The highest BCUT2D eigenvalue weighted by Crippen LogP contribution is 2.43. The molecule has 1 aliphatic rings. The zero-order valence-corrected chi connectivity index (χ0v) is 24.3. The van der Waals surface area contributed by atoms with E-state index >= 15 is 0 Å². The number of ether oxygens (including phenoxy) is 1. The molecule has 1 unspecified atom stereocenters. The molecule has 220 valence electrons. The molecule has 2 aromatic heterocycles. The van der Waals surface area contributed by atoms with Gasteiger partial charge in [0.15, 0.2) is 20.5 Å². The first-order valence-corrected chi connectivity index (χ1v) is 15.2. The van der Waals surface area contributed by atoms with E-state index in [1.54, 1.807) is 24.0 Å². The number of aromatic nitrogens is 3. The van der Waals surface area contributed by atoms with Crippen LogP contribution in [-0.4, -0.2) is 47.6 Å². The fourth-order valence-corrected chi connectivity index (χ4v) is 6.30. The number of carbonyl (C=O) groups excluding carboxylic acids is 2. The summed E-state index contributed by atoms with van der Waals surface area (Å²) >= 11 is 1.12. The van der Waals surface area contributed by atoms with E-state index in [9.17, 15) is 31.2 Å². The molecule has 1 aromatic carbocycles. The molecule has 0 radical (unpaired) electrons. The van der Waals surface area contributed by atoms with E-state index in [-0.39, 0.29) is 47.2 Å². The fraction of sp³-hybridized carbons (Fsp3) is 0.423. The lowest BCUT2D eigenvalue weighted by molar-refractivity contribution is -0.141. The third-order valence-electron chi connectivity index (χ3n) is 6.40. The number of alkyl halides is 3. The first kappa shape index (κ1) is 30.4. The molecular weight excluding hydrogens is 583 g/mol. The van der Waals surface area contributed by atoms with Gasteiger partial charge in [0.05, 0.1) is 40.4 Å². The molecule has 4 rings (SSSR count). The maximum absolute atomic E-state index is 13.8. The number of anilines is 1. The first-order chi connectivity index (χ1) is 19.3. The minimum Gasteiger partial charge on any atom is -0.462 e. The van der Waals surface area contributed by atoms with Gasteiger partial charge in [-0.2, -0.15) is 13.2 Å². The van der Waals surface area contributed by atoms with Crippen LogP contribution in [0.4, 0.5) is 19.1 Å². The molecule has 0 fully saturated rings. The summed E-state index contributed by atoms with van der Waals surface area (Å²) < 4.78 is 70.1. The lowest BCUT2D eigenvalue weighted by Gasteiger charge is -2.28. The summed E-state index contributed by atoms with van der Waals surface area (Å²) in [7, 11) is -3.33. The van der Waals surface area contributed by atoms with Gasteiger partial charge in [-0.05, 0) is 30.5 Å². The van der Waals surface area contributed by atoms with Crippen molar-refractivity contribution in [3.05, 3.63) is 62.9 Å². The van der Waals surface area contributed by atoms with Crippen LogP contribution < -0.4 is 10.2 Å². The van der Waals surface area contributed by atoms with E-state index in [1.165, 1.54) is 19.1 Å². The Morgan fingerprint density at radius 3 is 2.44 bits per heavy atom. The van der Waals surface area contributed by atoms with Crippen LogP contribution in [0.5, 0.6) is 0 Å². The summed E-state index contributed by atoms with van der Waals surface area (Å²) in [5.41, 5.74) is -0.896. The molecule has 1 aliphatic heterocycles. The van der Waals surface area contributed by atoms with Crippen LogP contribution in [0.2, 0.25) is 0 Å². The lowest BCUT2D eigenvalue weighted by atomic mass is 10.0. The second kappa shape index (κ2) is 11.7. The van der Waals surface area contributed by atoms with Gasteiger partial charge in [-0.3, -0.25) is 4.79 Å². The second-order valence-corrected chi connectivity index (χ2v) is 12.9. The summed E-state index contributed by atoms with van der Waals surface area (Å²) in [6.45, 7) is 6.96. The van der Waals surface area contributed by atoms with E-state index in [4.69, 9.17) is 4.74 Å². The number of carbonyl (C=O) groups is 2. The van der Waals surface area contributed by atoms with Crippen molar-refractivity contribution in [2.75, 3.05) is 17.3 Å². The number of halogens is 3. The molecule has 3 heterocycles. The average Bonchev–Trinajstić information content (AvgIpc) is 3.49. The Balaban J connectivity index is 1.53. The van der Waals surface area contributed by atoms with Crippen LogP contribution in [0.25, 0.3) is 0 Å². The number of fused-ring (bicyclic) bond motifs is 1. The van der Waals surface area contributed by atoms with Crippen LogP contribution in [0.15, 0.2) is 35.4 Å². The van der Waals surface area contributed by atoms with E-state index < -0.39 is 45.2 Å². The summed E-state index contributed by atoms with van der Waals surface area (Å²) in [6, 6.07) is 5.72. The van der Waals surface area contributed by atoms with Crippen molar-refractivity contribution in [2.45, 2.75) is 57.9 Å². The maximum atomic E-state index is 13.8. The molecule has 1 atom stereocenters. The van der Waals surface area contributed by atoms with Crippen molar-refractivity contribution in [1.82, 2.24) is 20.3 Å². The van der Waals surface area contributed by atoms with Crippen molar-refractivity contribution in [2.24, 2.45) is 5.92 Å². The second-order valence-electron chi connectivity index (χ2n) is 9.52. The molecule has 0 aliphatic carbocycles. The predicted octanol–water partition coefficient (Wildman–Crippen LogP) is 4.57. The Morgan fingerprint density at radius 2 is 1.85 bits per heavy atom. The number of hydrogen-bond donors (Lipinski definition) is 1. The van der Waals surface area contributed by atoms with Gasteiger partial charge in [0.2, 0.25) is 5.95 Å². The van der Waals surface area contributed by atoms with Gasteiger partial charge in [0.25, 0.3) is 5.91 Å². The molecule has 15 heteroatoms. The number of amides is 1. The normalized spacial score (nSPS) is 15.2. The molecule has 41 heavy (non-hydrogen) atoms. The molecular formula is C26H28F3N5O5S2. The topological polar surface area (TPSA) is 131 Å². The van der Waals surface area contributed by atoms with E-state index in [1.807, 2.05) is 13.8 Å². The molecule has 3 aromatic rings. The number of hydrogen-bond acceptors (Lipinski definition) is 10. The van der Waals surface area contributed by atoms with Crippen LogP contribution in [0.1, 0.15) is 75.7 Å². The molecule has 0 bridgehead atoms. The number of nitrogens with one attached hydrogen (secondary N) is 1. The molecule has 0 spiro atoms. The van der Waals surface area contributed by atoms with Gasteiger partial charge < -0.3 is 15.0 Å². The van der Waals surface area contributed by atoms with Crippen LogP contribution in [-0.2, 0) is 33.8 Å². The van der Waals surface area contributed by atoms with Gasteiger partial charge in [-0.1, -0.05) is 32.9 Å². The summed E-state index contributed by atoms with van der Waals surface area (Å²) in [5, 5.41) is 2.96. The number of nitrogens with zero attached hydrogens (tertiary/aromatic N) is 4. The van der Waals surface area contributed by atoms with Crippen LogP contribution in [0.3, 0.4) is 0 Å². The fourth-order valence-electron chi connectivity index (χ4n) is 4.40. The Morgan fingerprint density at radius 1 is 1.17 bits per heavy atom. The molecule has 0 saturated heterocycles. The number of thiazole rings is 1. The van der Waals surface area contributed by atoms with Crippen molar-refractivity contribution < 1.29 is 35.9 Å². The Bertz CT molecular complexity index is 1560. The molecule has 1 amide bonds. The SMILES string of the molecule is CCOC(=O)c1cnc(N2Cc3sc(C(=O)NCc4ccc(S(=O)(=O)CC)cc4)nc3C2C(C)C)nc1C(F)(F)F. The van der Waals surface area contributed by atoms with Gasteiger partial charge >= 0.3 is 12.1 Å². The van der Waals surface area contributed by atoms with Crippen LogP contribution in [0, 0.1) is 5.92 Å². The minimum atomic E-state index is -4.91. The van der Waals surface area contributed by atoms with Gasteiger partial charge in [0, 0.05) is 12.7 Å². The lowest BCUT2D eigenvalue weighted by Crippen LogP contribution is -2.30. The largest absolute Gasteiger partial charge is 0.462 e. The number of esters is 1. The summed E-state index contributed by atoms with van der Waals surface area (Å²) in [5.74, 6) is -1.95. The molecule has 0 saturated carbocycles. The number of rotatable bonds is 9. The highest BCUT2D eigenvalue weighted by atomic mass is 32.2. The Labute approximate surface area is 238 Å². The third-order valence-corrected chi connectivity index (χ3v) is 9.20. The van der Waals surface area contributed by atoms with Crippen molar-refractivity contribution in [3.63, 3.8) is 0 Å². The minimum absolute atomic E-state index is 0.0128. The maximum Gasteiger partial charge on any atom is 0.434 e. The first-order valence-electron chi connectivity index (χ1n) is 12.7. The monoisotopic (exact) mass is 611 g/mol. The quantitative estimate of drug-likeness (QED) is 0.346. The van der Waals surface area contributed by atoms with Gasteiger partial charge in [0.1, 0.15) is 5.56 Å². The standard InChI is InChI=1S/C26H28F3N5O5S2/c1-5-39-24(36)17-12-31-25(33-21(17)26(27,28)29)34-13-18-19(20(34)14(3)4)32-23(40-18)22(35)30-11-15-7-9-16(10-8-15)41(37,38)6-2/h7-10,12,14,20H,5-6,11,13H2,1-4H3,(H,30,35). The van der Waals surface area contributed by atoms with Crippen molar-refractivity contribution >= 4 is 39.0 Å². The average molecular weight is 612 g/mol. The summed E-state index contributed by atoms with van der Waals surface area (Å²) in [4.78, 5) is 39.7. The molecule has 10 nitrogen and oxygen atoms in total. The van der Waals surface area contributed by atoms with Gasteiger partial charge in [-0.15, -0.1) is 11.3 Å². The molecule has 1 N–H and O–H groups in total. The predicted molar refractivity (Wildman–Crippen MR) is 144 cm³/mol. The Hall–Kier alpha value is -3.59. The van der Waals surface area contributed by atoms with E-state index in [2.05, 4.69) is 20.3 Å². The Kier molecular flexibility index (Phi) is 8.68. The highest BCUT2D eigenvalue weighted by Gasteiger charge is 2.42. The summed E-state index contributed by atoms with van der Waals surface area (Å²) in [6.07, 6.45) is -4.09. The number of benzene rings is 1. The van der Waals surface area contributed by atoms with Gasteiger partial charge in [-0.25, -0.2) is 28.2 Å². The van der Waals surface area contributed by atoms with Crippen LogP contribution >= 0.6 is 11.3 Å². The van der Waals surface area contributed by atoms with E-state index in [0.29, 0.717) is 16.1 Å². The zero-order chi connectivity index (χ0) is 30.1. The van der Waals surface area contributed by atoms with Crippen molar-refractivity contribution in [1.29, 1.82) is 0 Å². The smallest absolute Gasteiger partial charge is 0.434 e. The zero-order valence-electron chi connectivity index (χ0n) is 22.7. The number of sulfone groups is 1. The third kappa shape index (κ3) is 6.35. The highest BCUT2D eigenvalue weighted by molar-refractivity contribution is 7.91.